The maximum atomic E-state index is 5.43. The van der Waals surface area contributed by atoms with E-state index in [9.17, 15) is 0 Å². The lowest BCUT2D eigenvalue weighted by Gasteiger charge is -2.24. The Balaban J connectivity index is 2.25. The van der Waals surface area contributed by atoms with Gasteiger partial charge in [-0.2, -0.15) is 0 Å². The fraction of sp³-hybridized carbons (Fsp3) is 1.00. The van der Waals surface area contributed by atoms with E-state index in [2.05, 4.69) is 26.1 Å². The Morgan fingerprint density at radius 2 is 1.92 bits per heavy atom. The van der Waals surface area contributed by atoms with Crippen LogP contribution in [0.2, 0.25) is 0 Å². The molecule has 78 valence electrons. The van der Waals surface area contributed by atoms with E-state index in [1.54, 1.807) is 0 Å². The van der Waals surface area contributed by atoms with Gasteiger partial charge in [-0.1, -0.05) is 13.8 Å². The first-order valence-corrected chi connectivity index (χ1v) is 5.54. The summed E-state index contributed by atoms with van der Waals surface area (Å²) in [6.07, 6.45) is 3.66. The Bertz CT molecular complexity index is 128. The standard InChI is InChI=1S/C11H23NO/c1-9(2)10(3)12-11-5-4-7-13-8-6-11/h9-12H,4-8H2,1-3H3. The summed E-state index contributed by atoms with van der Waals surface area (Å²) in [5, 5.41) is 3.68. The Kier molecular flexibility index (Phi) is 4.74. The van der Waals surface area contributed by atoms with Gasteiger partial charge in [0.25, 0.3) is 0 Å². The SMILES string of the molecule is CC(C)C(C)NC1CCCOCC1. The largest absolute Gasteiger partial charge is 0.381 e. The van der Waals surface area contributed by atoms with E-state index in [0.29, 0.717) is 12.1 Å². The van der Waals surface area contributed by atoms with Crippen molar-refractivity contribution in [3.63, 3.8) is 0 Å². The van der Waals surface area contributed by atoms with Gasteiger partial charge in [-0.3, -0.25) is 0 Å². The molecule has 1 aliphatic rings. The molecular formula is C11H23NO. The molecule has 0 aliphatic carbocycles. The van der Waals surface area contributed by atoms with Gasteiger partial charge in [0.2, 0.25) is 0 Å². The van der Waals surface area contributed by atoms with E-state index >= 15 is 0 Å². The van der Waals surface area contributed by atoms with Crippen LogP contribution in [-0.2, 0) is 4.74 Å². The number of hydrogen-bond acceptors (Lipinski definition) is 2. The summed E-state index contributed by atoms with van der Waals surface area (Å²) in [5.74, 6) is 0.726. The average molecular weight is 185 g/mol. The molecule has 1 saturated heterocycles. The van der Waals surface area contributed by atoms with Crippen molar-refractivity contribution < 1.29 is 4.74 Å². The zero-order chi connectivity index (χ0) is 9.68. The molecule has 2 nitrogen and oxygen atoms in total. The molecule has 1 aliphatic heterocycles. The van der Waals surface area contributed by atoms with Gasteiger partial charge >= 0.3 is 0 Å². The molecule has 1 fully saturated rings. The monoisotopic (exact) mass is 185 g/mol. The number of ether oxygens (including phenoxy) is 1. The molecule has 0 radical (unpaired) electrons. The van der Waals surface area contributed by atoms with Crippen LogP contribution < -0.4 is 5.32 Å². The van der Waals surface area contributed by atoms with Crippen LogP contribution >= 0.6 is 0 Å². The van der Waals surface area contributed by atoms with Crippen molar-refractivity contribution in [2.45, 2.75) is 52.1 Å². The Labute approximate surface area is 82.0 Å². The van der Waals surface area contributed by atoms with Crippen molar-refractivity contribution in [2.24, 2.45) is 5.92 Å². The molecule has 0 aromatic heterocycles. The van der Waals surface area contributed by atoms with Crippen LogP contribution in [0.5, 0.6) is 0 Å². The minimum absolute atomic E-state index is 0.628. The highest BCUT2D eigenvalue weighted by atomic mass is 16.5. The summed E-state index contributed by atoms with van der Waals surface area (Å²) < 4.78 is 5.43. The van der Waals surface area contributed by atoms with Gasteiger partial charge < -0.3 is 10.1 Å². The molecule has 2 heteroatoms. The maximum absolute atomic E-state index is 5.43. The predicted octanol–water partition coefficient (Wildman–Crippen LogP) is 2.19. The molecule has 1 N–H and O–H groups in total. The third kappa shape index (κ3) is 4.10. The molecular weight excluding hydrogens is 162 g/mol. The first-order valence-electron chi connectivity index (χ1n) is 5.54. The first kappa shape index (κ1) is 11.0. The normalized spacial score (nSPS) is 27.2. The quantitative estimate of drug-likeness (QED) is 0.727. The van der Waals surface area contributed by atoms with E-state index in [4.69, 9.17) is 4.74 Å². The van der Waals surface area contributed by atoms with Gasteiger partial charge in [-0.25, -0.2) is 0 Å². The van der Waals surface area contributed by atoms with Gasteiger partial charge in [0.1, 0.15) is 0 Å². The van der Waals surface area contributed by atoms with Crippen molar-refractivity contribution in [3.8, 4) is 0 Å². The smallest absolute Gasteiger partial charge is 0.0480 e. The summed E-state index contributed by atoms with van der Waals surface area (Å²) in [6.45, 7) is 8.70. The average Bonchev–Trinajstić information content (AvgIpc) is 2.32. The first-order chi connectivity index (χ1) is 6.20. The van der Waals surface area contributed by atoms with Crippen molar-refractivity contribution in [1.29, 1.82) is 0 Å². The predicted molar refractivity (Wildman–Crippen MR) is 55.9 cm³/mol. The summed E-state index contributed by atoms with van der Waals surface area (Å²) in [5.41, 5.74) is 0. The fourth-order valence-electron chi connectivity index (χ4n) is 1.63. The maximum Gasteiger partial charge on any atom is 0.0480 e. The lowest BCUT2D eigenvalue weighted by atomic mass is 10.0. The van der Waals surface area contributed by atoms with Gasteiger partial charge in [0.15, 0.2) is 0 Å². The highest BCUT2D eigenvalue weighted by molar-refractivity contribution is 4.74. The van der Waals surface area contributed by atoms with E-state index in [1.807, 2.05) is 0 Å². The highest BCUT2D eigenvalue weighted by Crippen LogP contribution is 2.11. The van der Waals surface area contributed by atoms with Crippen LogP contribution in [-0.4, -0.2) is 25.3 Å². The van der Waals surface area contributed by atoms with Crippen molar-refractivity contribution >= 4 is 0 Å². The molecule has 0 saturated carbocycles. The minimum Gasteiger partial charge on any atom is -0.381 e. The number of rotatable bonds is 3. The molecule has 2 unspecified atom stereocenters. The Hall–Kier alpha value is -0.0800. The van der Waals surface area contributed by atoms with Crippen LogP contribution in [0.25, 0.3) is 0 Å². The van der Waals surface area contributed by atoms with E-state index in [1.165, 1.54) is 19.3 Å². The summed E-state index contributed by atoms with van der Waals surface area (Å²) in [6, 6.07) is 1.31. The second-order valence-electron chi connectivity index (χ2n) is 4.44. The number of hydrogen-bond donors (Lipinski definition) is 1. The van der Waals surface area contributed by atoms with E-state index < -0.39 is 0 Å². The van der Waals surface area contributed by atoms with Crippen LogP contribution in [0.4, 0.5) is 0 Å². The molecule has 2 atom stereocenters. The summed E-state index contributed by atoms with van der Waals surface area (Å²) in [7, 11) is 0. The fourth-order valence-corrected chi connectivity index (χ4v) is 1.63. The minimum atomic E-state index is 0.628. The van der Waals surface area contributed by atoms with Crippen molar-refractivity contribution in [1.82, 2.24) is 5.32 Å². The zero-order valence-corrected chi connectivity index (χ0v) is 9.18. The zero-order valence-electron chi connectivity index (χ0n) is 9.18. The van der Waals surface area contributed by atoms with Crippen LogP contribution in [0.15, 0.2) is 0 Å². The van der Waals surface area contributed by atoms with Crippen molar-refractivity contribution in [3.05, 3.63) is 0 Å². The Morgan fingerprint density at radius 1 is 1.15 bits per heavy atom. The third-order valence-electron chi connectivity index (χ3n) is 2.95. The summed E-state index contributed by atoms with van der Waals surface area (Å²) >= 11 is 0. The van der Waals surface area contributed by atoms with Gasteiger partial charge in [-0.15, -0.1) is 0 Å². The molecule has 0 aromatic rings. The molecule has 1 heterocycles. The van der Waals surface area contributed by atoms with E-state index in [0.717, 1.165) is 19.1 Å². The lowest BCUT2D eigenvalue weighted by molar-refractivity contribution is 0.142. The van der Waals surface area contributed by atoms with Gasteiger partial charge in [0.05, 0.1) is 0 Å². The van der Waals surface area contributed by atoms with Crippen LogP contribution in [0, 0.1) is 5.92 Å². The topological polar surface area (TPSA) is 21.3 Å². The van der Waals surface area contributed by atoms with Gasteiger partial charge in [0, 0.05) is 25.3 Å². The van der Waals surface area contributed by atoms with Crippen LogP contribution in [0.3, 0.4) is 0 Å². The molecule has 1 rings (SSSR count). The van der Waals surface area contributed by atoms with E-state index in [-0.39, 0.29) is 0 Å². The van der Waals surface area contributed by atoms with Crippen molar-refractivity contribution in [2.75, 3.05) is 13.2 Å². The Morgan fingerprint density at radius 3 is 2.62 bits per heavy atom. The van der Waals surface area contributed by atoms with Gasteiger partial charge in [-0.05, 0) is 32.1 Å². The second kappa shape index (κ2) is 5.61. The summed E-state index contributed by atoms with van der Waals surface area (Å²) in [4.78, 5) is 0. The molecule has 0 spiro atoms. The second-order valence-corrected chi connectivity index (χ2v) is 4.44. The molecule has 13 heavy (non-hydrogen) atoms. The van der Waals surface area contributed by atoms with Crippen LogP contribution in [0.1, 0.15) is 40.0 Å². The third-order valence-corrected chi connectivity index (χ3v) is 2.95. The molecule has 0 amide bonds. The molecule has 0 aromatic carbocycles. The lowest BCUT2D eigenvalue weighted by Crippen LogP contribution is -2.39. The molecule has 0 bridgehead atoms. The highest BCUT2D eigenvalue weighted by Gasteiger charge is 2.15. The number of nitrogens with one attached hydrogen (secondary N) is 1.